The fourth-order valence-electron chi connectivity index (χ4n) is 4.35. The molecule has 0 N–H and O–H groups in total. The van der Waals surface area contributed by atoms with Crippen molar-refractivity contribution < 1.29 is 4.42 Å². The number of anilines is 2. The number of likely N-dealkylation sites (N-methyl/N-ethyl adjacent to an activating group) is 2. The third kappa shape index (κ3) is 3.23. The smallest absolute Gasteiger partial charge is 0.182 e. The Morgan fingerprint density at radius 1 is 1.03 bits per heavy atom. The zero-order chi connectivity index (χ0) is 20.5. The van der Waals surface area contributed by atoms with Crippen molar-refractivity contribution in [3.8, 4) is 11.3 Å². The fourth-order valence-corrected chi connectivity index (χ4v) is 4.35. The predicted octanol–water partition coefficient (Wildman–Crippen LogP) is 5.54. The molecule has 0 saturated carbocycles. The van der Waals surface area contributed by atoms with Crippen molar-refractivity contribution >= 4 is 27.9 Å². The largest absolute Gasteiger partial charge is 0.456 e. The maximum atomic E-state index is 12.0. The van der Waals surface area contributed by atoms with E-state index in [1.165, 1.54) is 11.4 Å². The number of rotatable bonds is 4. The van der Waals surface area contributed by atoms with E-state index in [-0.39, 0.29) is 5.43 Å². The lowest BCUT2D eigenvalue weighted by molar-refractivity contribution is 0.617. The van der Waals surface area contributed by atoms with Crippen LogP contribution in [0.4, 0.5) is 11.4 Å². The van der Waals surface area contributed by atoms with Crippen LogP contribution in [0.5, 0.6) is 0 Å². The molecule has 0 saturated heterocycles. The second-order valence-electron chi connectivity index (χ2n) is 7.38. The molecule has 1 aromatic carbocycles. The maximum Gasteiger partial charge on any atom is 0.182 e. The summed E-state index contributed by atoms with van der Waals surface area (Å²) < 4.78 is 6.27. The van der Waals surface area contributed by atoms with Gasteiger partial charge in [0.15, 0.2) is 5.43 Å². The van der Waals surface area contributed by atoms with E-state index in [0.717, 1.165) is 53.8 Å². The topological polar surface area (TPSA) is 36.7 Å². The molecular formula is C25H28N2O2. The van der Waals surface area contributed by atoms with E-state index < -0.39 is 0 Å². The van der Waals surface area contributed by atoms with Crippen LogP contribution in [0.3, 0.4) is 0 Å². The van der Waals surface area contributed by atoms with Crippen molar-refractivity contribution in [1.29, 1.82) is 0 Å². The van der Waals surface area contributed by atoms with Gasteiger partial charge in [-0.15, -0.1) is 0 Å². The third-order valence-corrected chi connectivity index (χ3v) is 5.82. The van der Waals surface area contributed by atoms with Crippen LogP contribution in [-0.4, -0.2) is 26.2 Å². The molecule has 0 amide bonds. The molecule has 0 atom stereocenters. The minimum absolute atomic E-state index is 0.0371. The highest BCUT2D eigenvalue weighted by atomic mass is 16.3. The highest BCUT2D eigenvalue weighted by molar-refractivity contribution is 6.03. The molecule has 4 nitrogen and oxygen atoms in total. The van der Waals surface area contributed by atoms with Gasteiger partial charge in [0.05, 0.1) is 11.4 Å². The van der Waals surface area contributed by atoms with Crippen molar-refractivity contribution in [2.24, 2.45) is 0 Å². The maximum absolute atomic E-state index is 12.0. The third-order valence-electron chi connectivity index (χ3n) is 5.82. The second kappa shape index (κ2) is 7.78. The molecule has 1 aromatic rings. The summed E-state index contributed by atoms with van der Waals surface area (Å²) in [5, 5.41) is 1.08. The van der Waals surface area contributed by atoms with Gasteiger partial charge in [-0.05, 0) is 51.5 Å². The van der Waals surface area contributed by atoms with Gasteiger partial charge in [-0.2, -0.15) is 0 Å². The van der Waals surface area contributed by atoms with Gasteiger partial charge >= 0.3 is 0 Å². The standard InChI is InChI=1S/C25H28N2O2/c1-5-9-17(6-2)25-19-11-10-18(28)14-23(19)29-24-16-22-21(15-20(24)25)26(7-3)12-13-27(22)8-4/h5-6,9-11,14-16H,7-8,12-13H2,1-4H3/b9-5-,17-6+. The van der Waals surface area contributed by atoms with Crippen LogP contribution >= 0.6 is 0 Å². The molecule has 4 heteroatoms. The number of fused-ring (bicyclic) bond motifs is 3. The minimum atomic E-state index is -0.0371. The van der Waals surface area contributed by atoms with E-state index in [9.17, 15) is 4.79 Å². The van der Waals surface area contributed by atoms with Crippen molar-refractivity contribution in [2.75, 3.05) is 36.0 Å². The Kier molecular flexibility index (Phi) is 5.18. The zero-order valence-corrected chi connectivity index (χ0v) is 17.7. The molecular weight excluding hydrogens is 360 g/mol. The monoisotopic (exact) mass is 388 g/mol. The average Bonchev–Trinajstić information content (AvgIpc) is 2.74. The van der Waals surface area contributed by atoms with Gasteiger partial charge in [-0.25, -0.2) is 0 Å². The summed E-state index contributed by atoms with van der Waals surface area (Å²) in [6.07, 6.45) is 6.29. The van der Waals surface area contributed by atoms with E-state index in [2.05, 4.69) is 60.9 Å². The highest BCUT2D eigenvalue weighted by Gasteiger charge is 2.25. The van der Waals surface area contributed by atoms with Crippen LogP contribution in [0.25, 0.3) is 27.9 Å². The molecule has 3 aliphatic rings. The molecule has 150 valence electrons. The average molecular weight is 389 g/mol. The fraction of sp³-hybridized carbons (Fsp3) is 0.320. The number of hydrogen-bond acceptors (Lipinski definition) is 4. The Labute approximate surface area is 172 Å². The summed E-state index contributed by atoms with van der Waals surface area (Å²) in [6, 6.07) is 9.52. The molecule has 4 rings (SSSR count). The number of nitrogens with zero attached hydrogens (tertiary/aromatic N) is 2. The minimum Gasteiger partial charge on any atom is -0.456 e. The van der Waals surface area contributed by atoms with E-state index in [4.69, 9.17) is 4.42 Å². The van der Waals surface area contributed by atoms with Gasteiger partial charge in [-0.1, -0.05) is 18.2 Å². The van der Waals surface area contributed by atoms with Crippen molar-refractivity contribution in [2.45, 2.75) is 27.7 Å². The van der Waals surface area contributed by atoms with Gasteiger partial charge in [0.1, 0.15) is 11.3 Å². The molecule has 0 fully saturated rings. The first-order valence-electron chi connectivity index (χ1n) is 10.4. The Hall–Kier alpha value is -3.01. The Morgan fingerprint density at radius 2 is 1.72 bits per heavy atom. The molecule has 0 bridgehead atoms. The van der Waals surface area contributed by atoms with Crippen LogP contribution < -0.4 is 15.2 Å². The van der Waals surface area contributed by atoms with Gasteiger partial charge in [0, 0.05) is 54.8 Å². The molecule has 0 unspecified atom stereocenters. The van der Waals surface area contributed by atoms with E-state index in [1.54, 1.807) is 12.1 Å². The van der Waals surface area contributed by atoms with Gasteiger partial charge in [0.25, 0.3) is 0 Å². The number of hydrogen-bond donors (Lipinski definition) is 0. The van der Waals surface area contributed by atoms with Crippen LogP contribution in [0.1, 0.15) is 33.3 Å². The van der Waals surface area contributed by atoms with Crippen LogP contribution in [0.2, 0.25) is 0 Å². The lowest BCUT2D eigenvalue weighted by Crippen LogP contribution is -2.40. The summed E-state index contributed by atoms with van der Waals surface area (Å²) in [5.41, 5.74) is 6.45. The van der Waals surface area contributed by atoms with Gasteiger partial charge in [-0.3, -0.25) is 4.79 Å². The zero-order valence-electron chi connectivity index (χ0n) is 17.7. The van der Waals surface area contributed by atoms with Crippen molar-refractivity contribution in [3.05, 3.63) is 64.3 Å². The van der Waals surface area contributed by atoms with Crippen LogP contribution in [-0.2, 0) is 0 Å². The SMILES string of the molecule is C/C=C\C(=C/C)c1c2ccc(=O)cc-2oc2cc3c(cc12)N(CC)CCN3CC. The Morgan fingerprint density at radius 3 is 2.34 bits per heavy atom. The number of benzene rings is 2. The summed E-state index contributed by atoms with van der Waals surface area (Å²) in [7, 11) is 0. The first-order chi connectivity index (χ1) is 14.1. The van der Waals surface area contributed by atoms with Crippen LogP contribution in [0.15, 0.2) is 57.8 Å². The highest BCUT2D eigenvalue weighted by Crippen LogP contribution is 2.43. The molecule has 1 aliphatic carbocycles. The summed E-state index contributed by atoms with van der Waals surface area (Å²) in [6.45, 7) is 12.4. The summed E-state index contributed by atoms with van der Waals surface area (Å²) in [4.78, 5) is 16.8. The first kappa shape index (κ1) is 19.3. The van der Waals surface area contributed by atoms with E-state index >= 15 is 0 Å². The molecule has 2 heterocycles. The summed E-state index contributed by atoms with van der Waals surface area (Å²) >= 11 is 0. The lowest BCUT2D eigenvalue weighted by Gasteiger charge is -2.38. The number of allylic oxidation sites excluding steroid dienone is 4. The van der Waals surface area contributed by atoms with Crippen LogP contribution in [0, 0.1) is 0 Å². The summed E-state index contributed by atoms with van der Waals surface area (Å²) in [5.74, 6) is 0.634. The van der Waals surface area contributed by atoms with E-state index in [0.29, 0.717) is 5.76 Å². The lowest BCUT2D eigenvalue weighted by atomic mass is 9.92. The molecule has 0 radical (unpaired) electrons. The molecule has 29 heavy (non-hydrogen) atoms. The van der Waals surface area contributed by atoms with Crippen molar-refractivity contribution in [1.82, 2.24) is 0 Å². The van der Waals surface area contributed by atoms with Gasteiger partial charge in [0.2, 0.25) is 0 Å². The first-order valence-corrected chi connectivity index (χ1v) is 10.4. The van der Waals surface area contributed by atoms with Gasteiger partial charge < -0.3 is 14.2 Å². The Balaban J connectivity index is 2.13. The molecule has 0 aromatic heterocycles. The second-order valence-corrected chi connectivity index (χ2v) is 7.38. The Bertz CT molecular complexity index is 1140. The van der Waals surface area contributed by atoms with Crippen molar-refractivity contribution in [3.63, 3.8) is 0 Å². The quantitative estimate of drug-likeness (QED) is 0.434. The predicted molar refractivity (Wildman–Crippen MR) is 123 cm³/mol. The molecule has 2 aliphatic heterocycles. The van der Waals surface area contributed by atoms with E-state index in [1.807, 2.05) is 13.0 Å². The normalized spacial score (nSPS) is 15.0. The molecule has 0 spiro atoms.